The summed E-state index contributed by atoms with van der Waals surface area (Å²) in [5, 5.41) is 20.0. The monoisotopic (exact) mass is 770 g/mol. The molecule has 14 rings (SSSR count). The van der Waals surface area contributed by atoms with E-state index in [1.165, 1.54) is 109 Å². The largest absolute Gasteiger partial charge is 0.455 e. The van der Waals surface area contributed by atoms with Crippen LogP contribution in [0.25, 0.3) is 142 Å². The average molecular weight is 771 g/mol. The molecule has 14 aromatic rings. The molecule has 61 heavy (non-hydrogen) atoms. The first-order valence-electron chi connectivity index (χ1n) is 21.2. The quantitative estimate of drug-likeness (QED) is 0.162. The van der Waals surface area contributed by atoms with Crippen LogP contribution in [0.5, 0.6) is 0 Å². The second-order valence-corrected chi connectivity index (χ2v) is 16.7. The van der Waals surface area contributed by atoms with Gasteiger partial charge in [-0.1, -0.05) is 188 Å². The summed E-state index contributed by atoms with van der Waals surface area (Å²) in [6.07, 6.45) is 0. The first-order chi connectivity index (χ1) is 30.2. The molecule has 0 aliphatic rings. The van der Waals surface area contributed by atoms with Gasteiger partial charge in [0.2, 0.25) is 0 Å². The lowest BCUT2D eigenvalue weighted by Crippen LogP contribution is -1.90. The molecule has 0 aliphatic carbocycles. The minimum absolute atomic E-state index is 0.922. The maximum absolute atomic E-state index is 7.03. The molecule has 13 aromatic carbocycles. The molecular formula is C60H34O. The van der Waals surface area contributed by atoms with Gasteiger partial charge < -0.3 is 4.42 Å². The SMILES string of the molecule is c1ccc(-c2ccc3ccc4c(-c5ccc(-c6cc(-c7ccc8ccc9cccc%10ccc7c8c9%10)c7oc8c9ccccc9ccc8c7c6)cc5)ccc5ccc2c3c54)cc1. The van der Waals surface area contributed by atoms with E-state index in [0.717, 1.165) is 32.9 Å². The topological polar surface area (TPSA) is 13.1 Å². The van der Waals surface area contributed by atoms with Gasteiger partial charge in [0, 0.05) is 21.7 Å². The molecule has 0 atom stereocenters. The van der Waals surface area contributed by atoms with Gasteiger partial charge in [-0.2, -0.15) is 0 Å². The lowest BCUT2D eigenvalue weighted by molar-refractivity contribution is 0.674. The molecule has 1 heterocycles. The van der Waals surface area contributed by atoms with Gasteiger partial charge in [0.25, 0.3) is 0 Å². The summed E-state index contributed by atoms with van der Waals surface area (Å²) in [6, 6.07) is 76.3. The van der Waals surface area contributed by atoms with Crippen LogP contribution in [-0.4, -0.2) is 0 Å². The number of benzene rings is 13. The molecule has 0 bridgehead atoms. The summed E-state index contributed by atoms with van der Waals surface area (Å²) < 4.78 is 7.03. The molecule has 0 spiro atoms. The van der Waals surface area contributed by atoms with Gasteiger partial charge in [0.15, 0.2) is 0 Å². The van der Waals surface area contributed by atoms with Crippen molar-refractivity contribution in [3.05, 3.63) is 206 Å². The van der Waals surface area contributed by atoms with Crippen molar-refractivity contribution in [3.63, 3.8) is 0 Å². The van der Waals surface area contributed by atoms with E-state index in [-0.39, 0.29) is 0 Å². The van der Waals surface area contributed by atoms with Crippen LogP contribution in [0.4, 0.5) is 0 Å². The van der Waals surface area contributed by atoms with Crippen molar-refractivity contribution in [2.45, 2.75) is 0 Å². The summed E-state index contributed by atoms with van der Waals surface area (Å²) in [7, 11) is 0. The Kier molecular flexibility index (Phi) is 6.62. The molecule has 0 fully saturated rings. The highest BCUT2D eigenvalue weighted by Crippen LogP contribution is 2.47. The molecule has 1 heteroatoms. The second-order valence-electron chi connectivity index (χ2n) is 16.7. The lowest BCUT2D eigenvalue weighted by atomic mass is 9.87. The molecule has 0 unspecified atom stereocenters. The third kappa shape index (κ3) is 4.66. The zero-order chi connectivity index (χ0) is 39.8. The molecule has 1 nitrogen and oxygen atoms in total. The minimum Gasteiger partial charge on any atom is -0.455 e. The van der Waals surface area contributed by atoms with Crippen LogP contribution in [0.2, 0.25) is 0 Å². The fraction of sp³-hybridized carbons (Fsp3) is 0. The highest BCUT2D eigenvalue weighted by Gasteiger charge is 2.21. The van der Waals surface area contributed by atoms with Crippen molar-refractivity contribution in [3.8, 4) is 44.5 Å². The summed E-state index contributed by atoms with van der Waals surface area (Å²) >= 11 is 0. The maximum Gasteiger partial charge on any atom is 0.143 e. The zero-order valence-electron chi connectivity index (χ0n) is 33.0. The van der Waals surface area contributed by atoms with Crippen LogP contribution in [0.15, 0.2) is 211 Å². The number of hydrogen-bond acceptors (Lipinski definition) is 1. The maximum atomic E-state index is 7.03. The van der Waals surface area contributed by atoms with Gasteiger partial charge in [0.1, 0.15) is 11.2 Å². The van der Waals surface area contributed by atoms with Gasteiger partial charge in [-0.25, -0.2) is 0 Å². The van der Waals surface area contributed by atoms with Crippen molar-refractivity contribution < 1.29 is 4.42 Å². The Morgan fingerprint density at radius 3 is 1.38 bits per heavy atom. The summed E-state index contributed by atoms with van der Waals surface area (Å²) in [4.78, 5) is 0. The van der Waals surface area contributed by atoms with E-state index in [4.69, 9.17) is 4.42 Å². The van der Waals surface area contributed by atoms with Crippen LogP contribution in [0.1, 0.15) is 0 Å². The molecule has 280 valence electrons. The van der Waals surface area contributed by atoms with Crippen molar-refractivity contribution in [1.82, 2.24) is 0 Å². The highest BCUT2D eigenvalue weighted by atomic mass is 16.3. The van der Waals surface area contributed by atoms with E-state index in [1.54, 1.807) is 0 Å². The van der Waals surface area contributed by atoms with Crippen LogP contribution < -0.4 is 0 Å². The fourth-order valence-corrected chi connectivity index (χ4v) is 10.7. The Morgan fingerprint density at radius 1 is 0.213 bits per heavy atom. The van der Waals surface area contributed by atoms with E-state index in [1.807, 2.05) is 0 Å². The smallest absolute Gasteiger partial charge is 0.143 e. The van der Waals surface area contributed by atoms with Crippen molar-refractivity contribution in [2.75, 3.05) is 0 Å². The zero-order valence-corrected chi connectivity index (χ0v) is 33.0. The van der Waals surface area contributed by atoms with Gasteiger partial charge in [-0.3, -0.25) is 0 Å². The summed E-state index contributed by atoms with van der Waals surface area (Å²) in [6.45, 7) is 0. The van der Waals surface area contributed by atoms with Gasteiger partial charge >= 0.3 is 0 Å². The Bertz CT molecular complexity index is 4060. The predicted molar refractivity (Wildman–Crippen MR) is 260 cm³/mol. The molecule has 0 saturated heterocycles. The molecule has 0 N–H and O–H groups in total. The average Bonchev–Trinajstić information content (AvgIpc) is 3.72. The molecule has 0 saturated carbocycles. The molecule has 1 aromatic heterocycles. The van der Waals surface area contributed by atoms with E-state index >= 15 is 0 Å². The van der Waals surface area contributed by atoms with Crippen molar-refractivity contribution in [2.24, 2.45) is 0 Å². The van der Waals surface area contributed by atoms with Gasteiger partial charge in [-0.05, 0) is 127 Å². The van der Waals surface area contributed by atoms with Crippen molar-refractivity contribution >= 4 is 97.3 Å². The van der Waals surface area contributed by atoms with E-state index in [2.05, 4.69) is 206 Å². The Hall–Kier alpha value is -8.00. The number of rotatable bonds is 4. The third-order valence-corrected chi connectivity index (χ3v) is 13.6. The van der Waals surface area contributed by atoms with Crippen molar-refractivity contribution in [1.29, 1.82) is 0 Å². The predicted octanol–water partition coefficient (Wildman–Crippen LogP) is 17.2. The van der Waals surface area contributed by atoms with Crippen LogP contribution in [-0.2, 0) is 0 Å². The first kappa shape index (κ1) is 32.9. The molecular weight excluding hydrogens is 737 g/mol. The van der Waals surface area contributed by atoms with Crippen LogP contribution >= 0.6 is 0 Å². The summed E-state index contributed by atoms with van der Waals surface area (Å²) in [5.41, 5.74) is 11.5. The van der Waals surface area contributed by atoms with E-state index in [9.17, 15) is 0 Å². The number of fused-ring (bicyclic) bond motifs is 5. The lowest BCUT2D eigenvalue weighted by Gasteiger charge is -2.17. The number of hydrogen-bond donors (Lipinski definition) is 0. The van der Waals surface area contributed by atoms with Crippen LogP contribution in [0.3, 0.4) is 0 Å². The Morgan fingerprint density at radius 2 is 0.689 bits per heavy atom. The minimum atomic E-state index is 0.922. The molecule has 0 aliphatic heterocycles. The molecule has 0 radical (unpaired) electrons. The van der Waals surface area contributed by atoms with Crippen LogP contribution in [0, 0.1) is 0 Å². The number of furan rings is 1. The Balaban J connectivity index is 0.968. The Labute approximate surface area is 351 Å². The normalized spacial score (nSPS) is 12.3. The van der Waals surface area contributed by atoms with E-state index in [0.29, 0.717) is 0 Å². The molecule has 0 amide bonds. The highest BCUT2D eigenvalue weighted by molar-refractivity contribution is 6.29. The first-order valence-corrected chi connectivity index (χ1v) is 21.2. The fourth-order valence-electron chi connectivity index (χ4n) is 10.7. The second kappa shape index (κ2) is 12.3. The van der Waals surface area contributed by atoms with Gasteiger partial charge in [-0.15, -0.1) is 0 Å². The summed E-state index contributed by atoms with van der Waals surface area (Å²) in [5.74, 6) is 0. The third-order valence-electron chi connectivity index (χ3n) is 13.6. The standard InChI is InChI=1S/C60H34O/c1-2-7-36(8-3-1)45-26-20-42-25-30-50-46(27-21-43-24-29-49(45)57(42)58(43)50)38-15-13-35(14-16-38)44-33-53(60-54(34-44)52-32-19-37-9-4-5-12-47(37)59(52)61-60)48-28-22-41-18-17-39-10-6-11-40-23-31-51(48)56(41)55(39)40/h1-34H. The van der Waals surface area contributed by atoms with E-state index < -0.39 is 0 Å². The van der Waals surface area contributed by atoms with Gasteiger partial charge in [0.05, 0.1) is 0 Å².